The van der Waals surface area contributed by atoms with Crippen LogP contribution in [0.1, 0.15) is 44.6 Å². The minimum atomic E-state index is -0.232. The summed E-state index contributed by atoms with van der Waals surface area (Å²) in [6.07, 6.45) is 5.48. The van der Waals surface area contributed by atoms with Gasteiger partial charge in [-0.2, -0.15) is 0 Å². The summed E-state index contributed by atoms with van der Waals surface area (Å²) in [4.78, 5) is 30.0. The lowest BCUT2D eigenvalue weighted by molar-refractivity contribution is -0.123. The number of aliphatic imine (C=N–C) groups is 1. The maximum absolute atomic E-state index is 11.7. The van der Waals surface area contributed by atoms with E-state index >= 15 is 0 Å². The molecule has 1 aliphatic heterocycles. The third kappa shape index (κ3) is 9.22. The summed E-state index contributed by atoms with van der Waals surface area (Å²) in [6, 6.07) is 8.17. The van der Waals surface area contributed by atoms with Crippen molar-refractivity contribution >= 4 is 41.8 Å². The minimum Gasteiger partial charge on any atom is -0.484 e. The average molecular weight is 557 g/mol. The number of primary amides is 1. The van der Waals surface area contributed by atoms with Crippen LogP contribution in [0.5, 0.6) is 5.75 Å². The zero-order valence-electron chi connectivity index (χ0n) is 18.8. The SMILES string of the molecule is CCNC(=NCCc1ccc(OCC(=O)NC2CC2)cc1)N1CCCC(CC(N)=O)C1.I. The maximum atomic E-state index is 11.7. The summed E-state index contributed by atoms with van der Waals surface area (Å²) in [5.41, 5.74) is 6.55. The average Bonchev–Trinajstić information content (AvgIpc) is 3.56. The predicted octanol–water partition coefficient (Wildman–Crippen LogP) is 2.06. The molecule has 1 aromatic carbocycles. The second-order valence-electron chi connectivity index (χ2n) is 8.38. The van der Waals surface area contributed by atoms with Gasteiger partial charge in [-0.15, -0.1) is 24.0 Å². The van der Waals surface area contributed by atoms with E-state index in [1.165, 1.54) is 5.56 Å². The normalized spacial score (nSPS) is 18.5. The number of rotatable bonds is 10. The van der Waals surface area contributed by atoms with Crippen LogP contribution in [0.15, 0.2) is 29.3 Å². The highest BCUT2D eigenvalue weighted by Gasteiger charge is 2.24. The topological polar surface area (TPSA) is 109 Å². The molecule has 0 radical (unpaired) electrons. The van der Waals surface area contributed by atoms with Crippen molar-refractivity contribution in [2.75, 3.05) is 32.8 Å². The number of hydrogen-bond acceptors (Lipinski definition) is 4. The molecule has 1 saturated carbocycles. The Bertz CT molecular complexity index is 767. The summed E-state index contributed by atoms with van der Waals surface area (Å²) >= 11 is 0. The highest BCUT2D eigenvalue weighted by atomic mass is 127. The van der Waals surface area contributed by atoms with Crippen LogP contribution in [-0.4, -0.2) is 61.5 Å². The third-order valence-electron chi connectivity index (χ3n) is 5.54. The molecule has 1 unspecified atom stereocenters. The van der Waals surface area contributed by atoms with Crippen molar-refractivity contribution in [1.82, 2.24) is 15.5 Å². The van der Waals surface area contributed by atoms with Crippen molar-refractivity contribution in [2.45, 2.75) is 51.5 Å². The summed E-state index contributed by atoms with van der Waals surface area (Å²) < 4.78 is 5.55. The molecule has 32 heavy (non-hydrogen) atoms. The number of amides is 2. The van der Waals surface area contributed by atoms with Crippen molar-refractivity contribution in [3.05, 3.63) is 29.8 Å². The highest BCUT2D eigenvalue weighted by molar-refractivity contribution is 14.0. The zero-order valence-corrected chi connectivity index (χ0v) is 21.2. The first-order valence-electron chi connectivity index (χ1n) is 11.4. The molecule has 3 rings (SSSR count). The lowest BCUT2D eigenvalue weighted by Gasteiger charge is -2.34. The molecule has 1 saturated heterocycles. The van der Waals surface area contributed by atoms with Crippen molar-refractivity contribution in [2.24, 2.45) is 16.6 Å². The van der Waals surface area contributed by atoms with Gasteiger partial charge in [-0.05, 0) is 62.6 Å². The first-order valence-corrected chi connectivity index (χ1v) is 11.4. The van der Waals surface area contributed by atoms with Crippen LogP contribution in [0.2, 0.25) is 0 Å². The summed E-state index contributed by atoms with van der Waals surface area (Å²) in [7, 11) is 0. The number of hydrogen-bond donors (Lipinski definition) is 3. The number of halogens is 1. The molecule has 1 atom stereocenters. The van der Waals surface area contributed by atoms with Gasteiger partial charge >= 0.3 is 0 Å². The van der Waals surface area contributed by atoms with Gasteiger partial charge in [-0.1, -0.05) is 12.1 Å². The number of nitrogens with two attached hydrogens (primary N) is 1. The quantitative estimate of drug-likeness (QED) is 0.232. The molecule has 1 aliphatic carbocycles. The molecule has 2 aliphatic rings. The smallest absolute Gasteiger partial charge is 0.258 e. The molecule has 1 heterocycles. The number of ether oxygens (including phenoxy) is 1. The van der Waals surface area contributed by atoms with Crippen LogP contribution >= 0.6 is 24.0 Å². The van der Waals surface area contributed by atoms with Crippen molar-refractivity contribution < 1.29 is 14.3 Å². The second kappa shape index (κ2) is 13.5. The van der Waals surface area contributed by atoms with E-state index in [2.05, 4.69) is 22.5 Å². The van der Waals surface area contributed by atoms with Crippen molar-refractivity contribution in [3.8, 4) is 5.75 Å². The van der Waals surface area contributed by atoms with Crippen LogP contribution in [0.3, 0.4) is 0 Å². The summed E-state index contributed by atoms with van der Waals surface area (Å²) in [6.45, 7) is 5.35. The molecule has 2 amide bonds. The Hall–Kier alpha value is -2.04. The predicted molar refractivity (Wildman–Crippen MR) is 136 cm³/mol. The second-order valence-corrected chi connectivity index (χ2v) is 8.38. The van der Waals surface area contributed by atoms with E-state index < -0.39 is 0 Å². The molecule has 0 spiro atoms. The van der Waals surface area contributed by atoms with E-state index in [1.807, 2.05) is 24.3 Å². The van der Waals surface area contributed by atoms with Crippen LogP contribution in [0, 0.1) is 5.92 Å². The van der Waals surface area contributed by atoms with Crippen molar-refractivity contribution in [1.29, 1.82) is 0 Å². The molecule has 0 bridgehead atoms. The Morgan fingerprint density at radius 1 is 1.22 bits per heavy atom. The van der Waals surface area contributed by atoms with E-state index in [0.717, 1.165) is 57.7 Å². The Balaban J connectivity index is 0.00000363. The number of likely N-dealkylation sites (tertiary alicyclic amines) is 1. The largest absolute Gasteiger partial charge is 0.484 e. The summed E-state index contributed by atoms with van der Waals surface area (Å²) in [5, 5.41) is 6.28. The minimum absolute atomic E-state index is 0. The van der Waals surface area contributed by atoms with Crippen LogP contribution in [0.4, 0.5) is 0 Å². The van der Waals surface area contributed by atoms with Crippen LogP contribution in [0.25, 0.3) is 0 Å². The molecule has 9 heteroatoms. The van der Waals surface area contributed by atoms with Gasteiger partial charge in [-0.3, -0.25) is 14.6 Å². The Kier molecular flexibility index (Phi) is 11.1. The molecule has 8 nitrogen and oxygen atoms in total. The van der Waals surface area contributed by atoms with Crippen LogP contribution in [-0.2, 0) is 16.0 Å². The Morgan fingerprint density at radius 3 is 2.62 bits per heavy atom. The number of nitrogens with zero attached hydrogens (tertiary/aromatic N) is 2. The molecular formula is C23H36IN5O3. The van der Waals surface area contributed by atoms with Gasteiger partial charge in [-0.25, -0.2) is 0 Å². The summed E-state index contributed by atoms with van der Waals surface area (Å²) in [5.74, 6) is 1.60. The third-order valence-corrected chi connectivity index (χ3v) is 5.54. The number of nitrogens with one attached hydrogen (secondary N) is 2. The van der Waals surface area contributed by atoms with Gasteiger partial charge in [0.05, 0.1) is 0 Å². The van der Waals surface area contributed by atoms with E-state index in [1.54, 1.807) is 0 Å². The van der Waals surface area contributed by atoms with Gasteiger partial charge in [0, 0.05) is 38.6 Å². The maximum Gasteiger partial charge on any atom is 0.258 e. The fourth-order valence-electron chi connectivity index (χ4n) is 3.82. The van der Waals surface area contributed by atoms with E-state index in [0.29, 0.717) is 30.7 Å². The van der Waals surface area contributed by atoms with Gasteiger partial charge in [0.15, 0.2) is 12.6 Å². The fourth-order valence-corrected chi connectivity index (χ4v) is 3.82. The molecule has 2 fully saturated rings. The molecule has 4 N–H and O–H groups in total. The molecule has 178 valence electrons. The lowest BCUT2D eigenvalue weighted by Crippen LogP contribution is -2.47. The lowest BCUT2D eigenvalue weighted by atomic mass is 9.95. The number of benzene rings is 1. The first-order chi connectivity index (χ1) is 15.0. The fraction of sp³-hybridized carbons (Fsp3) is 0.609. The Labute approximate surface area is 207 Å². The standard InChI is InChI=1S/C23H35N5O3.HI/c1-2-25-23(28-13-3-4-18(15-28)14-21(24)29)26-12-11-17-5-9-20(10-6-17)31-16-22(30)27-19-7-8-19;/h5-6,9-10,18-19H,2-4,7-8,11-16H2,1H3,(H2,24,29)(H,25,26)(H,27,30);1H. The first kappa shape index (κ1) is 26.2. The zero-order chi connectivity index (χ0) is 22.1. The monoisotopic (exact) mass is 557 g/mol. The molecule has 1 aromatic rings. The van der Waals surface area contributed by atoms with Gasteiger partial charge < -0.3 is 26.0 Å². The van der Waals surface area contributed by atoms with Gasteiger partial charge in [0.2, 0.25) is 5.91 Å². The number of guanidine groups is 1. The van der Waals surface area contributed by atoms with E-state index in [4.69, 9.17) is 15.5 Å². The number of carbonyl (C=O) groups excluding carboxylic acids is 2. The van der Waals surface area contributed by atoms with E-state index in [9.17, 15) is 9.59 Å². The van der Waals surface area contributed by atoms with Crippen LogP contribution < -0.4 is 21.1 Å². The number of carbonyl (C=O) groups is 2. The van der Waals surface area contributed by atoms with E-state index in [-0.39, 0.29) is 42.4 Å². The molecule has 0 aromatic heterocycles. The Morgan fingerprint density at radius 2 is 1.97 bits per heavy atom. The van der Waals surface area contributed by atoms with Crippen molar-refractivity contribution in [3.63, 3.8) is 0 Å². The van der Waals surface area contributed by atoms with Gasteiger partial charge in [0.25, 0.3) is 5.91 Å². The highest BCUT2D eigenvalue weighted by Crippen LogP contribution is 2.20. The number of piperidine rings is 1. The molecular weight excluding hydrogens is 521 g/mol. The van der Waals surface area contributed by atoms with Gasteiger partial charge in [0.1, 0.15) is 5.75 Å².